The topological polar surface area (TPSA) is 24.9 Å². The summed E-state index contributed by atoms with van der Waals surface area (Å²) in [6, 6.07) is 8.29. The van der Waals surface area contributed by atoms with E-state index < -0.39 is 0 Å². The molecule has 0 saturated heterocycles. The summed E-state index contributed by atoms with van der Waals surface area (Å²) in [7, 11) is 0. The molecule has 2 rings (SSSR count). The Kier molecular flexibility index (Phi) is 3.57. The number of thiophene rings is 1. The molecule has 0 aliphatic heterocycles. The summed E-state index contributed by atoms with van der Waals surface area (Å²) in [5, 5.41) is 5.46. The van der Waals surface area contributed by atoms with Gasteiger partial charge < -0.3 is 5.32 Å². The van der Waals surface area contributed by atoms with Crippen LogP contribution in [-0.2, 0) is 0 Å². The lowest BCUT2D eigenvalue weighted by Crippen LogP contribution is -2.01. The third kappa shape index (κ3) is 2.61. The van der Waals surface area contributed by atoms with Gasteiger partial charge in [-0.05, 0) is 31.5 Å². The number of hydrogen-bond acceptors (Lipinski definition) is 3. The zero-order valence-electron chi connectivity index (χ0n) is 9.66. The van der Waals surface area contributed by atoms with Crippen molar-refractivity contribution in [1.82, 2.24) is 4.98 Å². The van der Waals surface area contributed by atoms with E-state index in [9.17, 15) is 0 Å². The standard InChI is InChI=1S/C13H16N2S/c1-3-7-14-13-6-4-5-12(15-13)11-8-10(2)16-9-11/h4-6,8-9H,3,7H2,1-2H3,(H,14,15). The Labute approximate surface area is 100 Å². The second kappa shape index (κ2) is 5.12. The molecule has 0 aliphatic carbocycles. The fraction of sp³-hybridized carbons (Fsp3) is 0.308. The summed E-state index contributed by atoms with van der Waals surface area (Å²) in [6.07, 6.45) is 1.11. The van der Waals surface area contributed by atoms with Crippen molar-refractivity contribution < 1.29 is 0 Å². The van der Waals surface area contributed by atoms with Gasteiger partial charge in [0.1, 0.15) is 5.82 Å². The maximum atomic E-state index is 4.59. The molecule has 0 fully saturated rings. The zero-order chi connectivity index (χ0) is 11.4. The fourth-order valence-corrected chi connectivity index (χ4v) is 2.22. The summed E-state index contributed by atoms with van der Waals surface area (Å²) in [4.78, 5) is 5.91. The van der Waals surface area contributed by atoms with E-state index in [4.69, 9.17) is 0 Å². The molecular formula is C13H16N2S. The van der Waals surface area contributed by atoms with Crippen molar-refractivity contribution in [3.8, 4) is 11.3 Å². The van der Waals surface area contributed by atoms with Gasteiger partial charge in [-0.2, -0.15) is 0 Å². The van der Waals surface area contributed by atoms with Gasteiger partial charge in [0.05, 0.1) is 5.69 Å². The summed E-state index contributed by atoms with van der Waals surface area (Å²) >= 11 is 1.76. The van der Waals surface area contributed by atoms with E-state index in [0.29, 0.717) is 0 Å². The first kappa shape index (κ1) is 11.1. The number of rotatable bonds is 4. The van der Waals surface area contributed by atoms with E-state index in [-0.39, 0.29) is 0 Å². The molecule has 1 N–H and O–H groups in total. The molecular weight excluding hydrogens is 216 g/mol. The minimum absolute atomic E-state index is 0.961. The highest BCUT2D eigenvalue weighted by Crippen LogP contribution is 2.24. The second-order valence-electron chi connectivity index (χ2n) is 3.78. The minimum atomic E-state index is 0.961. The lowest BCUT2D eigenvalue weighted by atomic mass is 10.2. The smallest absolute Gasteiger partial charge is 0.126 e. The third-order valence-corrected chi connectivity index (χ3v) is 3.19. The van der Waals surface area contributed by atoms with Crippen LogP contribution in [0.15, 0.2) is 29.6 Å². The van der Waals surface area contributed by atoms with Crippen LogP contribution in [0.1, 0.15) is 18.2 Å². The first-order valence-electron chi connectivity index (χ1n) is 5.56. The van der Waals surface area contributed by atoms with Crippen LogP contribution < -0.4 is 5.32 Å². The normalized spacial score (nSPS) is 10.4. The zero-order valence-corrected chi connectivity index (χ0v) is 10.5. The van der Waals surface area contributed by atoms with E-state index in [0.717, 1.165) is 24.5 Å². The summed E-state index contributed by atoms with van der Waals surface area (Å²) in [5.41, 5.74) is 2.26. The van der Waals surface area contributed by atoms with E-state index >= 15 is 0 Å². The quantitative estimate of drug-likeness (QED) is 0.863. The monoisotopic (exact) mass is 232 g/mol. The Morgan fingerprint density at radius 3 is 2.94 bits per heavy atom. The molecule has 0 aromatic carbocycles. The molecule has 0 spiro atoms. The summed E-state index contributed by atoms with van der Waals surface area (Å²) in [5.74, 6) is 0.961. The van der Waals surface area contributed by atoms with Crippen molar-refractivity contribution in [3.05, 3.63) is 34.5 Å². The van der Waals surface area contributed by atoms with Crippen molar-refractivity contribution in [2.75, 3.05) is 11.9 Å². The Hall–Kier alpha value is -1.35. The first-order valence-corrected chi connectivity index (χ1v) is 6.44. The lowest BCUT2D eigenvalue weighted by molar-refractivity contribution is 0.970. The van der Waals surface area contributed by atoms with Crippen LogP contribution >= 0.6 is 11.3 Å². The molecule has 0 atom stereocenters. The predicted molar refractivity (Wildman–Crippen MR) is 71.1 cm³/mol. The first-order chi connectivity index (χ1) is 7.79. The van der Waals surface area contributed by atoms with Gasteiger partial charge in [0.2, 0.25) is 0 Å². The number of nitrogens with one attached hydrogen (secondary N) is 1. The second-order valence-corrected chi connectivity index (χ2v) is 4.90. The molecule has 2 nitrogen and oxygen atoms in total. The van der Waals surface area contributed by atoms with Gasteiger partial charge in [-0.25, -0.2) is 4.98 Å². The molecule has 84 valence electrons. The minimum Gasteiger partial charge on any atom is -0.370 e. The molecule has 0 unspecified atom stereocenters. The SMILES string of the molecule is CCCNc1cccc(-c2csc(C)c2)n1. The van der Waals surface area contributed by atoms with E-state index in [1.165, 1.54) is 10.4 Å². The highest BCUT2D eigenvalue weighted by molar-refractivity contribution is 7.10. The number of pyridine rings is 1. The largest absolute Gasteiger partial charge is 0.370 e. The van der Waals surface area contributed by atoms with E-state index in [1.807, 2.05) is 12.1 Å². The Balaban J connectivity index is 2.22. The maximum absolute atomic E-state index is 4.59. The third-order valence-electron chi connectivity index (χ3n) is 2.33. The molecule has 0 amide bonds. The van der Waals surface area contributed by atoms with Gasteiger partial charge in [0, 0.05) is 22.4 Å². The van der Waals surface area contributed by atoms with Crippen LogP contribution in [0, 0.1) is 6.92 Å². The molecule has 0 saturated carbocycles. The van der Waals surface area contributed by atoms with Crippen LogP contribution in [0.2, 0.25) is 0 Å². The molecule has 0 bridgehead atoms. The van der Waals surface area contributed by atoms with Crippen molar-refractivity contribution in [1.29, 1.82) is 0 Å². The predicted octanol–water partition coefficient (Wildman–Crippen LogP) is 3.94. The molecule has 0 radical (unpaired) electrons. The lowest BCUT2D eigenvalue weighted by Gasteiger charge is -2.05. The highest BCUT2D eigenvalue weighted by Gasteiger charge is 2.02. The molecule has 3 heteroatoms. The summed E-state index contributed by atoms with van der Waals surface area (Å²) < 4.78 is 0. The number of aryl methyl sites for hydroxylation is 1. The average molecular weight is 232 g/mol. The van der Waals surface area contributed by atoms with Crippen LogP contribution in [0.25, 0.3) is 11.3 Å². The summed E-state index contributed by atoms with van der Waals surface area (Å²) in [6.45, 7) is 5.24. The van der Waals surface area contributed by atoms with Crippen LogP contribution in [-0.4, -0.2) is 11.5 Å². The Morgan fingerprint density at radius 1 is 1.38 bits per heavy atom. The van der Waals surface area contributed by atoms with Gasteiger partial charge in [-0.3, -0.25) is 0 Å². The Morgan fingerprint density at radius 2 is 2.25 bits per heavy atom. The van der Waals surface area contributed by atoms with Crippen molar-refractivity contribution in [3.63, 3.8) is 0 Å². The average Bonchev–Trinajstić information content (AvgIpc) is 2.74. The fourth-order valence-electron chi connectivity index (χ4n) is 1.52. The highest BCUT2D eigenvalue weighted by atomic mass is 32.1. The van der Waals surface area contributed by atoms with Crippen LogP contribution in [0.3, 0.4) is 0 Å². The van der Waals surface area contributed by atoms with Gasteiger partial charge in [-0.1, -0.05) is 13.0 Å². The van der Waals surface area contributed by atoms with Gasteiger partial charge in [0.15, 0.2) is 0 Å². The van der Waals surface area contributed by atoms with Gasteiger partial charge in [-0.15, -0.1) is 11.3 Å². The van der Waals surface area contributed by atoms with Crippen LogP contribution in [0.5, 0.6) is 0 Å². The van der Waals surface area contributed by atoms with E-state index in [2.05, 4.69) is 41.7 Å². The van der Waals surface area contributed by atoms with Gasteiger partial charge in [0.25, 0.3) is 0 Å². The maximum Gasteiger partial charge on any atom is 0.126 e. The van der Waals surface area contributed by atoms with Crippen molar-refractivity contribution >= 4 is 17.2 Å². The van der Waals surface area contributed by atoms with Crippen molar-refractivity contribution in [2.45, 2.75) is 20.3 Å². The Bertz CT molecular complexity index is 462. The van der Waals surface area contributed by atoms with E-state index in [1.54, 1.807) is 11.3 Å². The number of nitrogens with zero attached hydrogens (tertiary/aromatic N) is 1. The number of hydrogen-bond donors (Lipinski definition) is 1. The van der Waals surface area contributed by atoms with Crippen LogP contribution in [0.4, 0.5) is 5.82 Å². The molecule has 2 heterocycles. The molecule has 2 aromatic heterocycles. The number of aromatic nitrogens is 1. The molecule has 2 aromatic rings. The van der Waals surface area contributed by atoms with Gasteiger partial charge >= 0.3 is 0 Å². The number of anilines is 1. The molecule has 16 heavy (non-hydrogen) atoms. The van der Waals surface area contributed by atoms with Crippen molar-refractivity contribution in [2.24, 2.45) is 0 Å². The molecule has 0 aliphatic rings.